The van der Waals surface area contributed by atoms with Crippen molar-refractivity contribution < 1.29 is 4.79 Å². The minimum absolute atomic E-state index is 0. The van der Waals surface area contributed by atoms with Gasteiger partial charge in [0, 0.05) is 38.8 Å². The smallest absolute Gasteiger partial charge is 0.239 e. The second kappa shape index (κ2) is 13.2. The molecule has 0 spiro atoms. The Balaban J connectivity index is 0.00000392. The quantitative estimate of drug-likeness (QED) is 0.239. The summed E-state index contributed by atoms with van der Waals surface area (Å²) in [6.45, 7) is 6.24. The molecule has 1 unspecified atom stereocenters. The number of nitrogens with zero attached hydrogens (tertiary/aromatic N) is 3. The zero-order valence-corrected chi connectivity index (χ0v) is 20.2. The van der Waals surface area contributed by atoms with Crippen LogP contribution in [0.1, 0.15) is 31.7 Å². The molecule has 1 heterocycles. The Morgan fingerprint density at radius 2 is 2.00 bits per heavy atom. The van der Waals surface area contributed by atoms with Crippen molar-refractivity contribution in [2.45, 2.75) is 38.8 Å². The largest absolute Gasteiger partial charge is 0.357 e. The molecule has 2 rings (SSSR count). The number of likely N-dealkylation sites (tertiary alicyclic amines) is 1. The summed E-state index contributed by atoms with van der Waals surface area (Å²) in [6, 6.07) is 7.80. The second-order valence-corrected chi connectivity index (χ2v) is 7.47. The monoisotopic (exact) mass is 521 g/mol. The molecule has 1 amide bonds. The van der Waals surface area contributed by atoms with Gasteiger partial charge in [0.1, 0.15) is 0 Å². The molecule has 8 heteroatoms. The Morgan fingerprint density at radius 1 is 1.29 bits per heavy atom. The molecule has 0 aromatic heterocycles. The van der Waals surface area contributed by atoms with Crippen LogP contribution in [0, 0.1) is 0 Å². The summed E-state index contributed by atoms with van der Waals surface area (Å²) < 4.78 is 0. The number of carbonyl (C=O) groups excluding carboxylic acids is 1. The van der Waals surface area contributed by atoms with Gasteiger partial charge in [-0.25, -0.2) is 4.99 Å². The average molecular weight is 522 g/mol. The third kappa shape index (κ3) is 8.13. The minimum atomic E-state index is 0. The maximum atomic E-state index is 12.3. The van der Waals surface area contributed by atoms with Crippen molar-refractivity contribution in [2.75, 3.05) is 40.3 Å². The predicted octanol–water partition coefficient (Wildman–Crippen LogP) is 2.96. The molecule has 1 aliphatic heterocycles. The number of benzene rings is 1. The maximum Gasteiger partial charge on any atom is 0.239 e. The van der Waals surface area contributed by atoms with E-state index in [0.29, 0.717) is 6.54 Å². The van der Waals surface area contributed by atoms with E-state index in [1.807, 2.05) is 38.4 Å². The van der Waals surface area contributed by atoms with Crippen molar-refractivity contribution in [1.82, 2.24) is 20.4 Å². The molecule has 0 bridgehead atoms. The van der Waals surface area contributed by atoms with Crippen LogP contribution in [-0.4, -0.2) is 68.0 Å². The van der Waals surface area contributed by atoms with Gasteiger partial charge in [-0.15, -0.1) is 24.0 Å². The first-order chi connectivity index (χ1) is 13.0. The molecule has 1 saturated heterocycles. The molecule has 1 aliphatic rings. The summed E-state index contributed by atoms with van der Waals surface area (Å²) in [5, 5.41) is 7.39. The van der Waals surface area contributed by atoms with Gasteiger partial charge in [-0.3, -0.25) is 9.69 Å². The van der Waals surface area contributed by atoms with Gasteiger partial charge >= 0.3 is 0 Å². The number of likely N-dealkylation sites (N-methyl/N-ethyl adjacent to an activating group) is 1. The van der Waals surface area contributed by atoms with Crippen LogP contribution in [0.4, 0.5) is 0 Å². The number of hydrogen-bond acceptors (Lipinski definition) is 3. The lowest BCUT2D eigenvalue weighted by atomic mass is 10.2. The van der Waals surface area contributed by atoms with E-state index in [1.165, 1.54) is 0 Å². The van der Waals surface area contributed by atoms with E-state index < -0.39 is 0 Å². The summed E-state index contributed by atoms with van der Waals surface area (Å²) in [5.74, 6) is 1.04. The molecule has 0 saturated carbocycles. The zero-order chi connectivity index (χ0) is 19.6. The van der Waals surface area contributed by atoms with Gasteiger partial charge in [-0.05, 0) is 50.4 Å². The van der Waals surface area contributed by atoms with Crippen LogP contribution >= 0.6 is 35.6 Å². The van der Waals surface area contributed by atoms with E-state index >= 15 is 0 Å². The normalized spacial score (nSPS) is 17.1. The van der Waals surface area contributed by atoms with Crippen LogP contribution in [0.2, 0.25) is 5.02 Å². The van der Waals surface area contributed by atoms with Gasteiger partial charge in [0.05, 0.1) is 12.6 Å². The van der Waals surface area contributed by atoms with Crippen LogP contribution < -0.4 is 10.6 Å². The Kier molecular flexibility index (Phi) is 11.8. The topological polar surface area (TPSA) is 60.0 Å². The summed E-state index contributed by atoms with van der Waals surface area (Å²) in [4.78, 5) is 20.9. The van der Waals surface area contributed by atoms with E-state index in [9.17, 15) is 4.79 Å². The third-order valence-electron chi connectivity index (χ3n) is 4.68. The number of rotatable bonds is 8. The molecule has 0 aliphatic carbocycles. The standard InChI is InChI=1S/C20H32ClN5O.HI/c1-4-22-20(24-15-16-8-10-17(21)11-9-16)23-12-6-14-26-13-5-7-18(26)19(27)25(2)3;/h8-11,18H,4-7,12-15H2,1-3H3,(H2,22,23,24);1H. The van der Waals surface area contributed by atoms with E-state index in [1.54, 1.807) is 4.90 Å². The lowest BCUT2D eigenvalue weighted by Gasteiger charge is -2.26. The molecule has 0 radical (unpaired) electrons. The number of aliphatic imine (C=N–C) groups is 1. The molecule has 2 N–H and O–H groups in total. The highest BCUT2D eigenvalue weighted by Crippen LogP contribution is 2.18. The van der Waals surface area contributed by atoms with Crippen molar-refractivity contribution in [1.29, 1.82) is 0 Å². The van der Waals surface area contributed by atoms with E-state index in [-0.39, 0.29) is 35.9 Å². The predicted molar refractivity (Wildman–Crippen MR) is 128 cm³/mol. The number of halogens is 2. The van der Waals surface area contributed by atoms with Gasteiger partial charge in [0.2, 0.25) is 5.91 Å². The van der Waals surface area contributed by atoms with Crippen LogP contribution in [0.5, 0.6) is 0 Å². The molecule has 28 heavy (non-hydrogen) atoms. The summed E-state index contributed by atoms with van der Waals surface area (Å²) >= 11 is 5.92. The average Bonchev–Trinajstić information content (AvgIpc) is 3.12. The Bertz CT molecular complexity index is 624. The van der Waals surface area contributed by atoms with Gasteiger partial charge in [0.15, 0.2) is 5.96 Å². The molecule has 1 fully saturated rings. The van der Waals surface area contributed by atoms with Crippen molar-refractivity contribution in [2.24, 2.45) is 4.99 Å². The van der Waals surface area contributed by atoms with Crippen LogP contribution in [0.25, 0.3) is 0 Å². The number of amides is 1. The number of carbonyl (C=O) groups is 1. The maximum absolute atomic E-state index is 12.3. The molecule has 1 aromatic rings. The van der Waals surface area contributed by atoms with Gasteiger partial charge in [-0.1, -0.05) is 23.7 Å². The Labute approximate surface area is 191 Å². The molecule has 1 atom stereocenters. The fourth-order valence-electron chi connectivity index (χ4n) is 3.26. The Hall–Kier alpha value is -1.06. The minimum Gasteiger partial charge on any atom is -0.357 e. The van der Waals surface area contributed by atoms with Gasteiger partial charge < -0.3 is 15.5 Å². The molecular weight excluding hydrogens is 489 g/mol. The highest BCUT2D eigenvalue weighted by molar-refractivity contribution is 14.0. The molecule has 158 valence electrons. The first-order valence-corrected chi connectivity index (χ1v) is 10.1. The Morgan fingerprint density at radius 3 is 2.64 bits per heavy atom. The van der Waals surface area contributed by atoms with Gasteiger partial charge in [0.25, 0.3) is 0 Å². The summed E-state index contributed by atoms with van der Waals surface area (Å²) in [7, 11) is 3.67. The SMILES string of the molecule is CCNC(=NCc1ccc(Cl)cc1)NCCCN1CCCC1C(=O)N(C)C.I. The van der Waals surface area contributed by atoms with Crippen molar-refractivity contribution in [3.63, 3.8) is 0 Å². The van der Waals surface area contributed by atoms with Crippen molar-refractivity contribution >= 4 is 47.4 Å². The highest BCUT2D eigenvalue weighted by Gasteiger charge is 2.30. The van der Waals surface area contributed by atoms with Crippen LogP contribution in [0.15, 0.2) is 29.3 Å². The first kappa shape index (κ1) is 25.0. The number of hydrogen-bond donors (Lipinski definition) is 2. The first-order valence-electron chi connectivity index (χ1n) is 9.73. The lowest BCUT2D eigenvalue weighted by molar-refractivity contribution is -0.133. The zero-order valence-electron chi connectivity index (χ0n) is 17.1. The fraction of sp³-hybridized carbons (Fsp3) is 0.600. The number of nitrogens with one attached hydrogen (secondary N) is 2. The van der Waals surface area contributed by atoms with Crippen LogP contribution in [0.3, 0.4) is 0 Å². The highest BCUT2D eigenvalue weighted by atomic mass is 127. The second-order valence-electron chi connectivity index (χ2n) is 7.03. The summed E-state index contributed by atoms with van der Waals surface area (Å²) in [5.41, 5.74) is 1.12. The van der Waals surface area contributed by atoms with E-state index in [0.717, 1.165) is 62.0 Å². The fourth-order valence-corrected chi connectivity index (χ4v) is 3.39. The van der Waals surface area contributed by atoms with Gasteiger partial charge in [-0.2, -0.15) is 0 Å². The van der Waals surface area contributed by atoms with Crippen molar-refractivity contribution in [3.05, 3.63) is 34.9 Å². The molecule has 6 nitrogen and oxygen atoms in total. The molecular formula is C20H33ClIN5O. The number of guanidine groups is 1. The molecule has 1 aromatic carbocycles. The lowest BCUT2D eigenvalue weighted by Crippen LogP contribution is -2.44. The van der Waals surface area contributed by atoms with E-state index in [2.05, 4.69) is 27.4 Å². The third-order valence-corrected chi connectivity index (χ3v) is 4.93. The van der Waals surface area contributed by atoms with Crippen LogP contribution in [-0.2, 0) is 11.3 Å². The summed E-state index contributed by atoms with van der Waals surface area (Å²) in [6.07, 6.45) is 3.04. The van der Waals surface area contributed by atoms with E-state index in [4.69, 9.17) is 11.6 Å². The van der Waals surface area contributed by atoms with Crippen molar-refractivity contribution in [3.8, 4) is 0 Å².